The number of hydrogen-bond acceptors (Lipinski definition) is 4. The highest BCUT2D eigenvalue weighted by molar-refractivity contribution is 6.07. The van der Waals surface area contributed by atoms with E-state index in [1.165, 1.54) is 0 Å². The first kappa shape index (κ1) is 22.3. The van der Waals surface area contributed by atoms with Gasteiger partial charge in [0.1, 0.15) is 5.75 Å². The van der Waals surface area contributed by atoms with Gasteiger partial charge in [0.25, 0.3) is 5.91 Å². The largest absolute Gasteiger partial charge is 0.497 e. The minimum atomic E-state index is 0.00380. The summed E-state index contributed by atoms with van der Waals surface area (Å²) in [5, 5.41) is 2.06. The molecule has 0 saturated carbocycles. The lowest BCUT2D eigenvalue weighted by Gasteiger charge is -2.39. The summed E-state index contributed by atoms with van der Waals surface area (Å²) < 4.78 is 5.24. The van der Waals surface area contributed by atoms with E-state index in [-0.39, 0.29) is 17.7 Å². The molecule has 0 unspecified atom stereocenters. The summed E-state index contributed by atoms with van der Waals surface area (Å²) in [6.45, 7) is 4.39. The second-order valence-corrected chi connectivity index (χ2v) is 9.10. The van der Waals surface area contributed by atoms with Crippen LogP contribution in [0.5, 0.6) is 5.75 Å². The zero-order chi connectivity index (χ0) is 23.5. The summed E-state index contributed by atoms with van der Waals surface area (Å²) in [7, 11) is 1.67. The van der Waals surface area contributed by atoms with Crippen LogP contribution in [0.3, 0.4) is 0 Å². The SMILES string of the molecule is COc1ccc(N2CCN(C(=O)C3CCN(C(=O)c4cccc5ccccc45)CC3)CC2)cc1. The van der Waals surface area contributed by atoms with Crippen molar-refractivity contribution in [2.75, 3.05) is 51.3 Å². The number of likely N-dealkylation sites (tertiary alicyclic amines) is 1. The second kappa shape index (κ2) is 9.75. The number of fused-ring (bicyclic) bond motifs is 1. The van der Waals surface area contributed by atoms with Crippen LogP contribution >= 0.6 is 0 Å². The predicted molar refractivity (Wildman–Crippen MR) is 134 cm³/mol. The summed E-state index contributed by atoms with van der Waals surface area (Å²) in [5.41, 5.74) is 1.91. The summed E-state index contributed by atoms with van der Waals surface area (Å²) in [6.07, 6.45) is 1.46. The normalized spacial score (nSPS) is 17.1. The molecule has 2 amide bonds. The van der Waals surface area contributed by atoms with Gasteiger partial charge in [0, 0.05) is 56.4 Å². The molecule has 2 saturated heterocycles. The minimum absolute atomic E-state index is 0.00380. The third-order valence-corrected chi connectivity index (χ3v) is 7.18. The highest BCUT2D eigenvalue weighted by atomic mass is 16.5. The maximum absolute atomic E-state index is 13.2. The van der Waals surface area contributed by atoms with Gasteiger partial charge in [-0.1, -0.05) is 36.4 Å². The fraction of sp³-hybridized carbons (Fsp3) is 0.357. The Bertz CT molecular complexity index is 1160. The molecule has 0 atom stereocenters. The average Bonchev–Trinajstić information content (AvgIpc) is 2.92. The Morgan fingerprint density at radius 1 is 0.765 bits per heavy atom. The number of piperidine rings is 1. The molecule has 5 rings (SSSR count). The molecule has 0 spiro atoms. The first-order valence-corrected chi connectivity index (χ1v) is 12.1. The van der Waals surface area contributed by atoms with Gasteiger partial charge in [-0.05, 0) is 53.9 Å². The molecule has 6 nitrogen and oxygen atoms in total. The third kappa shape index (κ3) is 4.45. The van der Waals surface area contributed by atoms with Gasteiger partial charge in [-0.2, -0.15) is 0 Å². The zero-order valence-corrected chi connectivity index (χ0v) is 19.7. The fourth-order valence-corrected chi connectivity index (χ4v) is 5.15. The summed E-state index contributed by atoms with van der Waals surface area (Å²) in [6, 6.07) is 22.0. The van der Waals surface area contributed by atoms with Crippen LogP contribution in [0.25, 0.3) is 10.8 Å². The number of hydrogen-bond donors (Lipinski definition) is 0. The van der Waals surface area contributed by atoms with Crippen LogP contribution in [0.2, 0.25) is 0 Å². The van der Waals surface area contributed by atoms with Crippen LogP contribution < -0.4 is 9.64 Å². The van der Waals surface area contributed by atoms with E-state index in [0.29, 0.717) is 13.1 Å². The van der Waals surface area contributed by atoms with Gasteiger partial charge in [-0.3, -0.25) is 9.59 Å². The van der Waals surface area contributed by atoms with Gasteiger partial charge in [-0.25, -0.2) is 0 Å². The Hall–Kier alpha value is -3.54. The molecule has 2 aliphatic rings. The minimum Gasteiger partial charge on any atom is -0.497 e. The van der Waals surface area contributed by atoms with Gasteiger partial charge in [0.15, 0.2) is 0 Å². The van der Waals surface area contributed by atoms with Crippen LogP contribution in [0.1, 0.15) is 23.2 Å². The van der Waals surface area contributed by atoms with Crippen molar-refractivity contribution < 1.29 is 14.3 Å². The Labute approximate surface area is 200 Å². The standard InChI is InChI=1S/C28H31N3O3/c1-34-24-11-9-23(10-12-24)29-17-19-31(20-18-29)27(32)22-13-15-30(16-14-22)28(33)26-8-4-6-21-5-2-3-7-25(21)26/h2-12,22H,13-20H2,1H3. The molecule has 3 aromatic rings. The monoisotopic (exact) mass is 457 g/mol. The van der Waals surface area contributed by atoms with Crippen molar-refractivity contribution in [3.63, 3.8) is 0 Å². The quantitative estimate of drug-likeness (QED) is 0.593. The van der Waals surface area contributed by atoms with Crippen LogP contribution in [0.15, 0.2) is 66.7 Å². The lowest BCUT2D eigenvalue weighted by Crippen LogP contribution is -2.52. The van der Waals surface area contributed by atoms with E-state index in [2.05, 4.69) is 17.0 Å². The summed E-state index contributed by atoms with van der Waals surface area (Å²) >= 11 is 0. The van der Waals surface area contributed by atoms with Gasteiger partial charge >= 0.3 is 0 Å². The number of methoxy groups -OCH3 is 1. The topological polar surface area (TPSA) is 53.1 Å². The van der Waals surface area contributed by atoms with E-state index < -0.39 is 0 Å². The smallest absolute Gasteiger partial charge is 0.254 e. The highest BCUT2D eigenvalue weighted by Crippen LogP contribution is 2.26. The number of carbonyl (C=O) groups excluding carboxylic acids is 2. The van der Waals surface area contributed by atoms with Gasteiger partial charge in [0.2, 0.25) is 5.91 Å². The van der Waals surface area contributed by atoms with E-state index >= 15 is 0 Å². The number of ether oxygens (including phenoxy) is 1. The average molecular weight is 458 g/mol. The highest BCUT2D eigenvalue weighted by Gasteiger charge is 2.32. The second-order valence-electron chi connectivity index (χ2n) is 9.10. The number of rotatable bonds is 4. The van der Waals surface area contributed by atoms with Crippen molar-refractivity contribution in [2.24, 2.45) is 5.92 Å². The molecular weight excluding hydrogens is 426 g/mol. The number of piperazine rings is 1. The molecular formula is C28H31N3O3. The van der Waals surface area contributed by atoms with Crippen molar-refractivity contribution in [3.05, 3.63) is 72.3 Å². The van der Waals surface area contributed by atoms with Crippen molar-refractivity contribution in [2.45, 2.75) is 12.8 Å². The lowest BCUT2D eigenvalue weighted by atomic mass is 9.94. The lowest BCUT2D eigenvalue weighted by molar-refractivity contribution is -0.137. The zero-order valence-electron chi connectivity index (χ0n) is 19.7. The molecule has 6 heteroatoms. The van der Waals surface area contributed by atoms with Gasteiger partial charge in [-0.15, -0.1) is 0 Å². The Balaban J connectivity index is 1.15. The van der Waals surface area contributed by atoms with Crippen molar-refractivity contribution in [1.82, 2.24) is 9.80 Å². The fourth-order valence-electron chi connectivity index (χ4n) is 5.15. The van der Waals surface area contributed by atoms with Crippen molar-refractivity contribution in [1.29, 1.82) is 0 Å². The van der Waals surface area contributed by atoms with E-state index in [9.17, 15) is 9.59 Å². The van der Waals surface area contributed by atoms with Crippen molar-refractivity contribution >= 4 is 28.3 Å². The number of benzene rings is 3. The maximum Gasteiger partial charge on any atom is 0.254 e. The molecule has 0 radical (unpaired) electrons. The van der Waals surface area contributed by atoms with Gasteiger partial charge in [0.05, 0.1) is 7.11 Å². The molecule has 3 aromatic carbocycles. The molecule has 2 aliphatic heterocycles. The molecule has 0 aromatic heterocycles. The summed E-state index contributed by atoms with van der Waals surface area (Å²) in [4.78, 5) is 32.6. The Kier molecular flexibility index (Phi) is 6.39. The molecule has 2 fully saturated rings. The Morgan fingerprint density at radius 2 is 1.44 bits per heavy atom. The van der Waals surface area contributed by atoms with Crippen LogP contribution in [-0.2, 0) is 4.79 Å². The van der Waals surface area contributed by atoms with E-state index in [4.69, 9.17) is 4.74 Å². The molecule has 176 valence electrons. The van der Waals surface area contributed by atoms with E-state index in [0.717, 1.165) is 66.8 Å². The molecule has 0 bridgehead atoms. The van der Waals surface area contributed by atoms with Crippen molar-refractivity contribution in [3.8, 4) is 5.75 Å². The third-order valence-electron chi connectivity index (χ3n) is 7.18. The maximum atomic E-state index is 13.2. The first-order valence-electron chi connectivity index (χ1n) is 12.1. The van der Waals surface area contributed by atoms with Gasteiger partial charge < -0.3 is 19.4 Å². The molecule has 0 N–H and O–H groups in total. The predicted octanol–water partition coefficient (Wildman–Crippen LogP) is 4.05. The number of anilines is 1. The number of carbonyl (C=O) groups is 2. The van der Waals surface area contributed by atoms with Crippen LogP contribution in [0, 0.1) is 5.92 Å². The Morgan fingerprint density at radius 3 is 2.15 bits per heavy atom. The number of amides is 2. The molecule has 0 aliphatic carbocycles. The summed E-state index contributed by atoms with van der Waals surface area (Å²) in [5.74, 6) is 1.16. The first-order chi connectivity index (χ1) is 16.6. The van der Waals surface area contributed by atoms with Crippen LogP contribution in [0.4, 0.5) is 5.69 Å². The van der Waals surface area contributed by atoms with E-state index in [1.54, 1.807) is 7.11 Å². The van der Waals surface area contributed by atoms with E-state index in [1.807, 2.05) is 64.4 Å². The number of nitrogens with zero attached hydrogens (tertiary/aromatic N) is 3. The van der Waals surface area contributed by atoms with Crippen LogP contribution in [-0.4, -0.2) is 68.0 Å². The molecule has 2 heterocycles. The molecule has 34 heavy (non-hydrogen) atoms.